The minimum Gasteiger partial charge on any atom is -0.497 e. The number of aromatic nitrogens is 1. The summed E-state index contributed by atoms with van der Waals surface area (Å²) in [5.74, 6) is 1.18. The van der Waals surface area contributed by atoms with Crippen molar-refractivity contribution in [1.29, 1.82) is 0 Å². The van der Waals surface area contributed by atoms with Crippen LogP contribution in [0.15, 0.2) is 48.8 Å². The fraction of sp³-hybridized carbons (Fsp3) is 0.500. The van der Waals surface area contributed by atoms with E-state index in [0.29, 0.717) is 25.3 Å². The molecule has 4 rings (SSSR count). The zero-order valence-corrected chi connectivity index (χ0v) is 19.5. The van der Waals surface area contributed by atoms with E-state index >= 15 is 0 Å². The van der Waals surface area contributed by atoms with Crippen LogP contribution in [0, 0.1) is 5.92 Å². The number of likely N-dealkylation sites (N-methyl/N-ethyl adjacent to an activating group) is 1. The number of carbonyl (C=O) groups is 2. The summed E-state index contributed by atoms with van der Waals surface area (Å²) >= 11 is 0. The summed E-state index contributed by atoms with van der Waals surface area (Å²) < 4.78 is 11.0. The molecule has 0 unspecified atom stereocenters. The Hall–Kier alpha value is -2.93. The lowest BCUT2D eigenvalue weighted by atomic mass is 9.84. The smallest absolute Gasteiger partial charge is 0.255 e. The van der Waals surface area contributed by atoms with Gasteiger partial charge in [0.2, 0.25) is 0 Å². The summed E-state index contributed by atoms with van der Waals surface area (Å²) in [6.07, 6.45) is 7.23. The van der Waals surface area contributed by atoms with E-state index in [1.807, 2.05) is 35.0 Å². The highest BCUT2D eigenvalue weighted by molar-refractivity contribution is 5.94. The summed E-state index contributed by atoms with van der Waals surface area (Å²) in [5, 5.41) is 0. The SMILES string of the molecule is COc1cccc(C[C@H](C2CCN(C(=O)[C@H]3CCCO3)CC2)N(C)C(=O)c2cccnc2)c1. The Morgan fingerprint density at radius 1 is 1.21 bits per heavy atom. The molecule has 3 heterocycles. The van der Waals surface area contributed by atoms with Crippen LogP contribution in [-0.2, 0) is 16.0 Å². The number of likely N-dealkylation sites (tertiary alicyclic amines) is 1. The van der Waals surface area contributed by atoms with Crippen molar-refractivity contribution in [3.63, 3.8) is 0 Å². The Kier molecular flexibility index (Phi) is 7.60. The Bertz CT molecular complexity index is 938. The number of rotatable bonds is 7. The molecule has 0 saturated carbocycles. The molecule has 1 aromatic carbocycles. The zero-order valence-electron chi connectivity index (χ0n) is 19.5. The largest absolute Gasteiger partial charge is 0.497 e. The van der Waals surface area contributed by atoms with E-state index in [2.05, 4.69) is 11.1 Å². The van der Waals surface area contributed by atoms with Crippen LogP contribution in [0.5, 0.6) is 5.75 Å². The van der Waals surface area contributed by atoms with Gasteiger partial charge in [0.25, 0.3) is 11.8 Å². The molecular weight excluding hydrogens is 418 g/mol. The first kappa shape index (κ1) is 23.2. The maximum absolute atomic E-state index is 13.3. The minimum atomic E-state index is -0.274. The van der Waals surface area contributed by atoms with Crippen molar-refractivity contribution in [3.05, 3.63) is 59.9 Å². The van der Waals surface area contributed by atoms with Gasteiger partial charge >= 0.3 is 0 Å². The maximum atomic E-state index is 13.3. The number of hydrogen-bond donors (Lipinski definition) is 0. The third-order valence-electron chi connectivity index (χ3n) is 6.91. The van der Waals surface area contributed by atoms with E-state index in [9.17, 15) is 9.59 Å². The van der Waals surface area contributed by atoms with Crippen molar-refractivity contribution < 1.29 is 19.1 Å². The Labute approximate surface area is 195 Å². The van der Waals surface area contributed by atoms with Crippen molar-refractivity contribution in [1.82, 2.24) is 14.8 Å². The second kappa shape index (κ2) is 10.8. The van der Waals surface area contributed by atoms with Gasteiger partial charge in [-0.1, -0.05) is 12.1 Å². The van der Waals surface area contributed by atoms with E-state index in [1.54, 1.807) is 31.6 Å². The van der Waals surface area contributed by atoms with Crippen molar-refractivity contribution in [2.45, 2.75) is 44.2 Å². The second-order valence-electron chi connectivity index (χ2n) is 8.95. The van der Waals surface area contributed by atoms with Crippen molar-refractivity contribution in [2.24, 2.45) is 5.92 Å². The van der Waals surface area contributed by atoms with E-state index in [0.717, 1.165) is 43.4 Å². The van der Waals surface area contributed by atoms with Crippen LogP contribution in [-0.4, -0.2) is 72.6 Å². The molecule has 2 saturated heterocycles. The first-order valence-corrected chi connectivity index (χ1v) is 11.8. The molecule has 0 radical (unpaired) electrons. The predicted octanol–water partition coefficient (Wildman–Crippen LogP) is 3.19. The van der Waals surface area contributed by atoms with E-state index in [4.69, 9.17) is 9.47 Å². The van der Waals surface area contributed by atoms with Gasteiger partial charge in [0.05, 0.1) is 12.7 Å². The van der Waals surface area contributed by atoms with Gasteiger partial charge in [-0.2, -0.15) is 0 Å². The molecule has 2 aromatic rings. The average molecular weight is 452 g/mol. The molecule has 7 heteroatoms. The van der Waals surface area contributed by atoms with Gasteiger partial charge in [-0.15, -0.1) is 0 Å². The number of carbonyl (C=O) groups excluding carboxylic acids is 2. The third-order valence-corrected chi connectivity index (χ3v) is 6.91. The van der Waals surface area contributed by atoms with Crippen LogP contribution in [0.4, 0.5) is 0 Å². The fourth-order valence-corrected chi connectivity index (χ4v) is 4.98. The summed E-state index contributed by atoms with van der Waals surface area (Å²) in [7, 11) is 3.54. The summed E-state index contributed by atoms with van der Waals surface area (Å²) in [6, 6.07) is 11.6. The number of methoxy groups -OCH3 is 1. The standard InChI is InChI=1S/C26H33N3O4/c1-28(25(30)21-7-4-12-27-18-21)23(17-19-6-3-8-22(16-19)32-2)20-10-13-29(14-11-20)26(31)24-9-5-15-33-24/h3-4,6-8,12,16,18,20,23-24H,5,9-11,13-15,17H2,1-2H3/t23-,24-/m1/s1. The predicted molar refractivity (Wildman–Crippen MR) is 125 cm³/mol. The molecule has 0 N–H and O–H groups in total. The average Bonchev–Trinajstić information content (AvgIpc) is 3.42. The molecule has 2 aliphatic rings. The molecule has 33 heavy (non-hydrogen) atoms. The van der Waals surface area contributed by atoms with Crippen molar-refractivity contribution in [2.75, 3.05) is 33.9 Å². The highest BCUT2D eigenvalue weighted by Crippen LogP contribution is 2.29. The number of ether oxygens (including phenoxy) is 2. The van der Waals surface area contributed by atoms with Crippen molar-refractivity contribution >= 4 is 11.8 Å². The third kappa shape index (κ3) is 5.53. The number of hydrogen-bond acceptors (Lipinski definition) is 5. The van der Waals surface area contributed by atoms with Gasteiger partial charge in [-0.05, 0) is 67.9 Å². The molecule has 0 spiro atoms. The number of amides is 2. The number of piperidine rings is 1. The zero-order chi connectivity index (χ0) is 23.2. The van der Waals surface area contributed by atoms with Gasteiger partial charge in [-0.3, -0.25) is 14.6 Å². The van der Waals surface area contributed by atoms with Crippen LogP contribution < -0.4 is 4.74 Å². The van der Waals surface area contributed by atoms with Gasteiger partial charge in [0, 0.05) is 45.2 Å². The monoisotopic (exact) mass is 451 g/mol. The van der Waals surface area contributed by atoms with Crippen molar-refractivity contribution in [3.8, 4) is 5.75 Å². The highest BCUT2D eigenvalue weighted by Gasteiger charge is 2.35. The van der Waals surface area contributed by atoms with Gasteiger partial charge in [0.15, 0.2) is 0 Å². The molecule has 2 atom stereocenters. The number of benzene rings is 1. The van der Waals surface area contributed by atoms with E-state index in [1.165, 1.54) is 0 Å². The molecular formula is C26H33N3O4. The summed E-state index contributed by atoms with van der Waals surface area (Å²) in [4.78, 5) is 34.0. The second-order valence-corrected chi connectivity index (χ2v) is 8.95. The number of pyridine rings is 1. The summed E-state index contributed by atoms with van der Waals surface area (Å²) in [6.45, 7) is 2.08. The van der Waals surface area contributed by atoms with Crippen LogP contribution >= 0.6 is 0 Å². The normalized spacial score (nSPS) is 19.8. The molecule has 2 aliphatic heterocycles. The van der Waals surface area contributed by atoms with Gasteiger partial charge < -0.3 is 19.3 Å². The molecule has 0 aliphatic carbocycles. The van der Waals surface area contributed by atoms with Crippen LogP contribution in [0.25, 0.3) is 0 Å². The minimum absolute atomic E-state index is 0.00444. The molecule has 176 valence electrons. The topological polar surface area (TPSA) is 72.0 Å². The quantitative estimate of drug-likeness (QED) is 0.647. The Balaban J connectivity index is 1.49. The lowest BCUT2D eigenvalue weighted by molar-refractivity contribution is -0.142. The Morgan fingerprint density at radius 2 is 2.03 bits per heavy atom. The molecule has 1 aromatic heterocycles. The lowest BCUT2D eigenvalue weighted by Crippen LogP contribution is -2.50. The first-order valence-electron chi connectivity index (χ1n) is 11.8. The molecule has 0 bridgehead atoms. The molecule has 2 amide bonds. The van der Waals surface area contributed by atoms with Crippen LogP contribution in [0.2, 0.25) is 0 Å². The van der Waals surface area contributed by atoms with Gasteiger partial charge in [-0.25, -0.2) is 0 Å². The van der Waals surface area contributed by atoms with E-state index in [-0.39, 0.29) is 29.9 Å². The lowest BCUT2D eigenvalue weighted by Gasteiger charge is -2.40. The summed E-state index contributed by atoms with van der Waals surface area (Å²) in [5.41, 5.74) is 1.71. The highest BCUT2D eigenvalue weighted by atomic mass is 16.5. The van der Waals surface area contributed by atoms with Crippen LogP contribution in [0.3, 0.4) is 0 Å². The first-order chi connectivity index (χ1) is 16.1. The van der Waals surface area contributed by atoms with E-state index < -0.39 is 0 Å². The molecule has 2 fully saturated rings. The van der Waals surface area contributed by atoms with Gasteiger partial charge in [0.1, 0.15) is 11.9 Å². The Morgan fingerprint density at radius 3 is 2.70 bits per heavy atom. The number of nitrogens with zero attached hydrogens (tertiary/aromatic N) is 3. The maximum Gasteiger partial charge on any atom is 0.255 e. The molecule has 7 nitrogen and oxygen atoms in total. The fourth-order valence-electron chi connectivity index (χ4n) is 4.98. The van der Waals surface area contributed by atoms with Crippen LogP contribution in [0.1, 0.15) is 41.6 Å².